The fraction of sp³-hybridized carbons (Fsp3) is 0.273. The lowest BCUT2D eigenvalue weighted by atomic mass is 10.2. The van der Waals surface area contributed by atoms with Gasteiger partial charge in [0.2, 0.25) is 0 Å². The molecule has 1 heterocycles. The summed E-state index contributed by atoms with van der Waals surface area (Å²) in [7, 11) is 1.75. The van der Waals surface area contributed by atoms with E-state index in [0.29, 0.717) is 18.7 Å². The number of halogens is 1. The van der Waals surface area contributed by atoms with Gasteiger partial charge < -0.3 is 20.5 Å². The zero-order valence-electron chi connectivity index (χ0n) is 16.6. The topological polar surface area (TPSA) is 70.5 Å². The van der Waals surface area contributed by atoms with E-state index in [-0.39, 0.29) is 29.9 Å². The van der Waals surface area contributed by atoms with Crippen LogP contribution >= 0.6 is 24.0 Å². The number of amides is 1. The zero-order valence-corrected chi connectivity index (χ0v) is 18.9. The summed E-state index contributed by atoms with van der Waals surface area (Å²) in [6, 6.07) is 19.8. The number of rotatable bonds is 8. The molecule has 29 heavy (non-hydrogen) atoms. The van der Waals surface area contributed by atoms with Crippen molar-refractivity contribution in [3.05, 3.63) is 72.4 Å². The molecule has 3 aromatic rings. The Morgan fingerprint density at radius 3 is 2.38 bits per heavy atom. The average molecular weight is 505 g/mol. The van der Waals surface area contributed by atoms with Gasteiger partial charge in [0.25, 0.3) is 5.91 Å². The molecular weight excluding hydrogens is 477 g/mol. The highest BCUT2D eigenvalue weighted by Crippen LogP contribution is 2.15. The van der Waals surface area contributed by atoms with E-state index < -0.39 is 0 Å². The van der Waals surface area contributed by atoms with E-state index in [1.165, 1.54) is 10.9 Å². The van der Waals surface area contributed by atoms with Crippen molar-refractivity contribution in [3.63, 3.8) is 0 Å². The molecule has 0 unspecified atom stereocenters. The maximum Gasteiger partial charge on any atom is 0.251 e. The van der Waals surface area contributed by atoms with E-state index in [1.54, 1.807) is 19.2 Å². The predicted octanol–water partition coefficient (Wildman–Crippen LogP) is 3.24. The predicted molar refractivity (Wildman–Crippen MR) is 130 cm³/mol. The second-order valence-electron chi connectivity index (χ2n) is 6.47. The van der Waals surface area contributed by atoms with Gasteiger partial charge in [-0.05, 0) is 36.1 Å². The molecule has 0 aliphatic rings. The lowest BCUT2D eigenvalue weighted by Crippen LogP contribution is -2.41. The number of nitrogens with zero attached hydrogens (tertiary/aromatic N) is 2. The van der Waals surface area contributed by atoms with Crippen LogP contribution in [-0.4, -0.2) is 43.1 Å². The normalized spacial score (nSPS) is 11.0. The summed E-state index contributed by atoms with van der Waals surface area (Å²) in [4.78, 5) is 16.2. The van der Waals surface area contributed by atoms with Crippen molar-refractivity contribution in [2.24, 2.45) is 4.99 Å². The van der Waals surface area contributed by atoms with Crippen molar-refractivity contribution in [1.29, 1.82) is 0 Å². The van der Waals surface area contributed by atoms with Gasteiger partial charge in [0, 0.05) is 50.5 Å². The molecule has 6 nitrogen and oxygen atoms in total. The minimum atomic E-state index is -0.0655. The molecule has 0 aliphatic carbocycles. The van der Waals surface area contributed by atoms with Gasteiger partial charge in [0.15, 0.2) is 5.96 Å². The molecule has 0 saturated carbocycles. The van der Waals surface area contributed by atoms with Crippen LogP contribution in [0.2, 0.25) is 0 Å². The third-order valence-electron chi connectivity index (χ3n) is 4.51. The molecule has 154 valence electrons. The highest BCUT2D eigenvalue weighted by Gasteiger charge is 2.04. The molecule has 0 aliphatic heterocycles. The SMILES string of the molecule is CN=C(NCCCn1ccc2ccccc21)NCCNC(=O)c1ccccc1.I. The molecular formula is C22H28IN5O. The first kappa shape index (κ1) is 22.7. The van der Waals surface area contributed by atoms with Gasteiger partial charge in [0.1, 0.15) is 0 Å². The monoisotopic (exact) mass is 505 g/mol. The molecule has 3 rings (SSSR count). The number of aromatic nitrogens is 1. The van der Waals surface area contributed by atoms with Crippen LogP contribution in [0.15, 0.2) is 71.9 Å². The summed E-state index contributed by atoms with van der Waals surface area (Å²) < 4.78 is 2.27. The average Bonchev–Trinajstić information content (AvgIpc) is 3.16. The summed E-state index contributed by atoms with van der Waals surface area (Å²) in [5, 5.41) is 10.7. The Morgan fingerprint density at radius 2 is 1.59 bits per heavy atom. The van der Waals surface area contributed by atoms with E-state index in [0.717, 1.165) is 25.5 Å². The van der Waals surface area contributed by atoms with Crippen molar-refractivity contribution < 1.29 is 4.79 Å². The zero-order chi connectivity index (χ0) is 19.6. The summed E-state index contributed by atoms with van der Waals surface area (Å²) in [5.41, 5.74) is 1.93. The molecule has 0 bridgehead atoms. The molecule has 1 aromatic heterocycles. The Labute approximate surface area is 188 Å². The lowest BCUT2D eigenvalue weighted by Gasteiger charge is -2.13. The number of guanidine groups is 1. The van der Waals surface area contributed by atoms with Crippen LogP contribution in [0, 0.1) is 0 Å². The minimum absolute atomic E-state index is 0. The molecule has 0 spiro atoms. The smallest absolute Gasteiger partial charge is 0.251 e. The highest BCUT2D eigenvalue weighted by molar-refractivity contribution is 14.0. The van der Waals surface area contributed by atoms with Crippen LogP contribution in [0.3, 0.4) is 0 Å². The Hall–Kier alpha value is -2.55. The van der Waals surface area contributed by atoms with Crippen LogP contribution in [0.4, 0.5) is 0 Å². The molecule has 2 aromatic carbocycles. The first-order valence-corrected chi connectivity index (χ1v) is 9.59. The van der Waals surface area contributed by atoms with E-state index in [2.05, 4.69) is 62.0 Å². The van der Waals surface area contributed by atoms with Gasteiger partial charge in [-0.25, -0.2) is 0 Å². The molecule has 0 saturated heterocycles. The van der Waals surface area contributed by atoms with Crippen molar-refractivity contribution in [2.45, 2.75) is 13.0 Å². The number of hydrogen-bond donors (Lipinski definition) is 3. The quantitative estimate of drug-likeness (QED) is 0.191. The van der Waals surface area contributed by atoms with Crippen molar-refractivity contribution in [2.75, 3.05) is 26.7 Å². The number of aryl methyl sites for hydroxylation is 1. The van der Waals surface area contributed by atoms with E-state index >= 15 is 0 Å². The fourth-order valence-electron chi connectivity index (χ4n) is 3.06. The second kappa shape index (κ2) is 12.1. The van der Waals surface area contributed by atoms with Gasteiger partial charge in [-0.15, -0.1) is 24.0 Å². The molecule has 1 amide bonds. The van der Waals surface area contributed by atoms with Crippen LogP contribution in [0.5, 0.6) is 0 Å². The summed E-state index contributed by atoms with van der Waals surface area (Å²) in [6.07, 6.45) is 3.12. The number of carbonyl (C=O) groups excluding carboxylic acids is 1. The number of benzene rings is 2. The van der Waals surface area contributed by atoms with Crippen molar-refractivity contribution >= 4 is 46.7 Å². The van der Waals surface area contributed by atoms with Crippen molar-refractivity contribution in [1.82, 2.24) is 20.5 Å². The van der Waals surface area contributed by atoms with Crippen LogP contribution in [0.25, 0.3) is 10.9 Å². The Balaban J connectivity index is 0.00000300. The van der Waals surface area contributed by atoms with Gasteiger partial charge >= 0.3 is 0 Å². The highest BCUT2D eigenvalue weighted by atomic mass is 127. The molecule has 0 atom stereocenters. The maximum absolute atomic E-state index is 12.0. The first-order valence-electron chi connectivity index (χ1n) is 9.59. The number of hydrogen-bond acceptors (Lipinski definition) is 2. The van der Waals surface area contributed by atoms with Gasteiger partial charge in [-0.1, -0.05) is 36.4 Å². The van der Waals surface area contributed by atoms with E-state index in [9.17, 15) is 4.79 Å². The summed E-state index contributed by atoms with van der Waals surface area (Å²) in [5.74, 6) is 0.676. The molecule has 0 radical (unpaired) electrons. The van der Waals surface area contributed by atoms with Crippen LogP contribution in [-0.2, 0) is 6.54 Å². The Kier molecular flexibility index (Phi) is 9.49. The molecule has 7 heteroatoms. The van der Waals surface area contributed by atoms with Crippen LogP contribution < -0.4 is 16.0 Å². The minimum Gasteiger partial charge on any atom is -0.356 e. The van der Waals surface area contributed by atoms with Crippen LogP contribution in [0.1, 0.15) is 16.8 Å². The third-order valence-corrected chi connectivity index (χ3v) is 4.51. The summed E-state index contributed by atoms with van der Waals surface area (Å²) >= 11 is 0. The Bertz CT molecular complexity index is 923. The molecule has 3 N–H and O–H groups in total. The maximum atomic E-state index is 12.0. The van der Waals surface area contributed by atoms with Gasteiger partial charge in [0.05, 0.1) is 0 Å². The third kappa shape index (κ3) is 6.77. The number of fused-ring (bicyclic) bond motifs is 1. The number of para-hydroxylation sites is 1. The number of carbonyl (C=O) groups is 1. The van der Waals surface area contributed by atoms with E-state index in [1.807, 2.05) is 18.2 Å². The summed E-state index contributed by atoms with van der Waals surface area (Å²) in [6.45, 7) is 2.91. The van der Waals surface area contributed by atoms with E-state index in [4.69, 9.17) is 0 Å². The number of aliphatic imine (C=N–C) groups is 1. The largest absolute Gasteiger partial charge is 0.356 e. The van der Waals surface area contributed by atoms with Gasteiger partial charge in [-0.2, -0.15) is 0 Å². The van der Waals surface area contributed by atoms with Gasteiger partial charge in [-0.3, -0.25) is 9.79 Å². The Morgan fingerprint density at radius 1 is 0.897 bits per heavy atom. The standard InChI is InChI=1S/C22H27N5O.HI/c1-23-22(26-15-14-24-21(28)19-9-3-2-4-10-19)25-13-7-16-27-17-12-18-8-5-6-11-20(18)27;/h2-6,8-12,17H,7,13-16H2,1H3,(H,24,28)(H2,23,25,26);1H. The fourth-order valence-corrected chi connectivity index (χ4v) is 3.06. The number of nitrogens with one attached hydrogen (secondary N) is 3. The lowest BCUT2D eigenvalue weighted by molar-refractivity contribution is 0.0954. The second-order valence-corrected chi connectivity index (χ2v) is 6.47. The van der Waals surface area contributed by atoms with Crippen molar-refractivity contribution in [3.8, 4) is 0 Å². The molecule has 0 fully saturated rings. The first-order chi connectivity index (χ1) is 13.8.